The van der Waals surface area contributed by atoms with Crippen molar-refractivity contribution < 1.29 is 13.2 Å². The largest absolute Gasteiger partial charge is 0.416 e. The molecule has 2 atom stereocenters. The summed E-state index contributed by atoms with van der Waals surface area (Å²) in [5.74, 6) is 1.79. The van der Waals surface area contributed by atoms with E-state index in [9.17, 15) is 13.2 Å². The lowest BCUT2D eigenvalue weighted by Crippen LogP contribution is -2.28. The molecule has 3 aromatic rings. The van der Waals surface area contributed by atoms with Crippen molar-refractivity contribution in [3.05, 3.63) is 30.1 Å². The Balaban J connectivity index is 1.66. The lowest BCUT2D eigenvalue weighted by atomic mass is 10.0. The molecule has 5 rings (SSSR count). The number of halogens is 3. The first-order valence-corrected chi connectivity index (χ1v) is 8.17. The maximum absolute atomic E-state index is 13.0. The Morgan fingerprint density at radius 2 is 1.88 bits per heavy atom. The minimum atomic E-state index is -4.40. The van der Waals surface area contributed by atoms with Gasteiger partial charge in [-0.15, -0.1) is 0 Å². The quantitative estimate of drug-likeness (QED) is 0.728. The first-order chi connectivity index (χ1) is 12.0. The molecule has 0 spiro atoms. The topological polar surface area (TPSA) is 58.4 Å². The van der Waals surface area contributed by atoms with Crippen LogP contribution in [0.5, 0.6) is 0 Å². The third kappa shape index (κ3) is 2.25. The van der Waals surface area contributed by atoms with Crippen LogP contribution in [-0.4, -0.2) is 45.8 Å². The fraction of sp³-hybridized carbons (Fsp3) is 0.438. The first-order valence-electron chi connectivity index (χ1n) is 8.17. The van der Waals surface area contributed by atoms with Crippen LogP contribution in [0.1, 0.15) is 5.56 Å². The molecule has 0 bridgehead atoms. The summed E-state index contributed by atoms with van der Waals surface area (Å²) in [5, 5.41) is 7.95. The lowest BCUT2D eigenvalue weighted by Gasteiger charge is -2.20. The number of hydrogen-bond acceptors (Lipinski definition) is 5. The SMILES string of the molecule is FC(F)(F)c1ccc2nc(N3CC4CNCC4C3)n3ncnc3c2c1. The van der Waals surface area contributed by atoms with Crippen LogP contribution in [0.2, 0.25) is 0 Å². The summed E-state index contributed by atoms with van der Waals surface area (Å²) in [7, 11) is 0. The molecule has 0 aliphatic carbocycles. The second-order valence-corrected chi connectivity index (χ2v) is 6.72. The van der Waals surface area contributed by atoms with E-state index in [0.717, 1.165) is 38.3 Å². The molecule has 130 valence electrons. The molecule has 2 aliphatic heterocycles. The third-order valence-corrected chi connectivity index (χ3v) is 5.19. The van der Waals surface area contributed by atoms with Gasteiger partial charge in [0.25, 0.3) is 0 Å². The van der Waals surface area contributed by atoms with Gasteiger partial charge in [0.2, 0.25) is 5.95 Å². The van der Waals surface area contributed by atoms with Crippen LogP contribution in [0, 0.1) is 11.8 Å². The maximum atomic E-state index is 13.0. The Labute approximate surface area is 140 Å². The second-order valence-electron chi connectivity index (χ2n) is 6.72. The highest BCUT2D eigenvalue weighted by Crippen LogP contribution is 2.34. The summed E-state index contributed by atoms with van der Waals surface area (Å²) in [4.78, 5) is 10.9. The van der Waals surface area contributed by atoms with Gasteiger partial charge in [-0.3, -0.25) is 0 Å². The molecule has 2 unspecified atom stereocenters. The predicted molar refractivity (Wildman–Crippen MR) is 85.4 cm³/mol. The number of rotatable bonds is 1. The van der Waals surface area contributed by atoms with Crippen LogP contribution >= 0.6 is 0 Å². The second kappa shape index (κ2) is 5.04. The Morgan fingerprint density at radius 1 is 1.12 bits per heavy atom. The van der Waals surface area contributed by atoms with Gasteiger partial charge in [-0.25, -0.2) is 9.97 Å². The van der Waals surface area contributed by atoms with Crippen LogP contribution in [0.25, 0.3) is 16.6 Å². The normalized spacial score (nSPS) is 23.7. The molecule has 9 heteroatoms. The maximum Gasteiger partial charge on any atom is 0.416 e. The molecule has 1 aromatic carbocycles. The van der Waals surface area contributed by atoms with E-state index in [4.69, 9.17) is 0 Å². The van der Waals surface area contributed by atoms with Crippen molar-refractivity contribution in [2.75, 3.05) is 31.1 Å². The Kier molecular flexibility index (Phi) is 3.00. The van der Waals surface area contributed by atoms with Crippen molar-refractivity contribution in [2.45, 2.75) is 6.18 Å². The zero-order valence-corrected chi connectivity index (χ0v) is 13.2. The highest BCUT2D eigenvalue weighted by Gasteiger charge is 2.38. The molecule has 2 aromatic heterocycles. The fourth-order valence-electron chi connectivity index (χ4n) is 3.94. The minimum Gasteiger partial charge on any atom is -0.340 e. The van der Waals surface area contributed by atoms with Crippen molar-refractivity contribution in [2.24, 2.45) is 11.8 Å². The number of aromatic nitrogens is 4. The lowest BCUT2D eigenvalue weighted by molar-refractivity contribution is -0.137. The van der Waals surface area contributed by atoms with Gasteiger partial charge in [0, 0.05) is 31.6 Å². The number of fused-ring (bicyclic) bond motifs is 4. The number of alkyl halides is 3. The Bertz CT molecular complexity index is 954. The Morgan fingerprint density at radius 3 is 2.60 bits per heavy atom. The van der Waals surface area contributed by atoms with E-state index in [0.29, 0.717) is 34.3 Å². The van der Waals surface area contributed by atoms with E-state index in [-0.39, 0.29) is 0 Å². The molecule has 1 N–H and O–H groups in total. The summed E-state index contributed by atoms with van der Waals surface area (Å²) in [6, 6.07) is 3.57. The van der Waals surface area contributed by atoms with Crippen LogP contribution < -0.4 is 10.2 Å². The van der Waals surface area contributed by atoms with E-state index in [1.807, 2.05) is 0 Å². The first kappa shape index (κ1) is 14.9. The van der Waals surface area contributed by atoms with E-state index in [1.165, 1.54) is 12.4 Å². The number of nitrogens with one attached hydrogen (secondary N) is 1. The molecule has 2 saturated heterocycles. The average Bonchev–Trinajstić information content (AvgIpc) is 3.28. The number of anilines is 1. The highest BCUT2D eigenvalue weighted by atomic mass is 19.4. The monoisotopic (exact) mass is 348 g/mol. The molecule has 4 heterocycles. The van der Waals surface area contributed by atoms with Crippen molar-refractivity contribution >= 4 is 22.5 Å². The highest BCUT2D eigenvalue weighted by molar-refractivity contribution is 5.92. The summed E-state index contributed by atoms with van der Waals surface area (Å²) in [5.41, 5.74) is 0.196. The standard InChI is InChI=1S/C16H15F3N6/c17-16(18,19)11-1-2-13-12(3-11)14-21-8-22-25(14)15(23-13)24-6-9-4-20-5-10(9)7-24/h1-3,8-10,20H,4-7H2. The smallest absolute Gasteiger partial charge is 0.340 e. The van der Waals surface area contributed by atoms with Gasteiger partial charge in [0.15, 0.2) is 5.65 Å². The summed E-state index contributed by atoms with van der Waals surface area (Å²) in [6.07, 6.45) is -3.04. The number of hydrogen-bond donors (Lipinski definition) is 1. The van der Waals surface area contributed by atoms with Crippen LogP contribution in [-0.2, 0) is 6.18 Å². The van der Waals surface area contributed by atoms with E-state index >= 15 is 0 Å². The molecule has 2 fully saturated rings. The van der Waals surface area contributed by atoms with Crippen molar-refractivity contribution in [1.29, 1.82) is 0 Å². The third-order valence-electron chi connectivity index (χ3n) is 5.19. The molecule has 0 radical (unpaired) electrons. The zero-order valence-electron chi connectivity index (χ0n) is 13.2. The molecule has 6 nitrogen and oxygen atoms in total. The van der Waals surface area contributed by atoms with E-state index < -0.39 is 11.7 Å². The van der Waals surface area contributed by atoms with Gasteiger partial charge < -0.3 is 10.2 Å². The predicted octanol–water partition coefficient (Wildman–Crippen LogP) is 1.95. The summed E-state index contributed by atoms with van der Waals surface area (Å²) < 4.78 is 40.6. The van der Waals surface area contributed by atoms with E-state index in [1.54, 1.807) is 4.52 Å². The molecule has 2 aliphatic rings. The van der Waals surface area contributed by atoms with Gasteiger partial charge in [0.05, 0.1) is 11.1 Å². The van der Waals surface area contributed by atoms with Crippen LogP contribution in [0.3, 0.4) is 0 Å². The molecule has 0 saturated carbocycles. The van der Waals surface area contributed by atoms with Crippen LogP contribution in [0.4, 0.5) is 19.1 Å². The van der Waals surface area contributed by atoms with E-state index in [2.05, 4.69) is 25.3 Å². The van der Waals surface area contributed by atoms with Gasteiger partial charge in [-0.05, 0) is 30.0 Å². The van der Waals surface area contributed by atoms with Crippen molar-refractivity contribution in [3.8, 4) is 0 Å². The Hall–Kier alpha value is -2.42. The van der Waals surface area contributed by atoms with Gasteiger partial charge in [0.1, 0.15) is 6.33 Å². The van der Waals surface area contributed by atoms with Gasteiger partial charge in [-0.1, -0.05) is 0 Å². The summed E-state index contributed by atoms with van der Waals surface area (Å²) >= 11 is 0. The van der Waals surface area contributed by atoms with Crippen molar-refractivity contribution in [1.82, 2.24) is 24.9 Å². The summed E-state index contributed by atoms with van der Waals surface area (Å²) in [6.45, 7) is 3.71. The average molecular weight is 348 g/mol. The zero-order chi connectivity index (χ0) is 17.2. The van der Waals surface area contributed by atoms with Crippen LogP contribution in [0.15, 0.2) is 24.5 Å². The molecule has 25 heavy (non-hydrogen) atoms. The minimum absolute atomic E-state index is 0.358. The number of nitrogens with zero attached hydrogens (tertiary/aromatic N) is 5. The molecule has 0 amide bonds. The molecular weight excluding hydrogens is 333 g/mol. The number of benzene rings is 1. The molecular formula is C16H15F3N6. The van der Waals surface area contributed by atoms with Gasteiger partial charge >= 0.3 is 6.18 Å². The van der Waals surface area contributed by atoms with Gasteiger partial charge in [-0.2, -0.15) is 22.8 Å². The fourth-order valence-corrected chi connectivity index (χ4v) is 3.94. The van der Waals surface area contributed by atoms with Crippen molar-refractivity contribution in [3.63, 3.8) is 0 Å².